The summed E-state index contributed by atoms with van der Waals surface area (Å²) >= 11 is 0. The van der Waals surface area contributed by atoms with Gasteiger partial charge in [0.1, 0.15) is 13.2 Å². The predicted molar refractivity (Wildman–Crippen MR) is 91.3 cm³/mol. The maximum Gasteiger partial charge on any atom is 0.162 e. The lowest BCUT2D eigenvalue weighted by Gasteiger charge is -2.41. The Hall–Kier alpha value is -1.98. The van der Waals surface area contributed by atoms with E-state index >= 15 is 0 Å². The normalized spacial score (nSPS) is 25.5. The van der Waals surface area contributed by atoms with Crippen molar-refractivity contribution in [2.45, 2.75) is 19.0 Å². The molecule has 1 saturated heterocycles. The molecule has 0 bridgehead atoms. The molecule has 128 valence electrons. The molecule has 1 aromatic rings. The highest BCUT2D eigenvalue weighted by molar-refractivity contribution is 5.29. The van der Waals surface area contributed by atoms with Gasteiger partial charge in [-0.1, -0.05) is 30.3 Å². The molecule has 5 nitrogen and oxygen atoms in total. The quantitative estimate of drug-likeness (QED) is 0.922. The van der Waals surface area contributed by atoms with E-state index in [0.717, 1.165) is 38.5 Å². The molecule has 0 aromatic heterocycles. The minimum absolute atomic E-state index is 0.101. The Kier molecular flexibility index (Phi) is 4.45. The summed E-state index contributed by atoms with van der Waals surface area (Å²) in [4.78, 5) is 4.90. The minimum atomic E-state index is 0.101. The SMILES string of the molecule is OC1=CC2=C(OCCO2)C(N2CCN(Cc3ccccc3)CC2)C1. The molecule has 5 heteroatoms. The standard InChI is InChI=1S/C19H24N2O3/c22-16-12-17(19-18(13-16)23-10-11-24-19)21-8-6-20(7-9-21)14-15-4-2-1-3-5-15/h1-5,13,17,22H,6-12,14H2. The van der Waals surface area contributed by atoms with Gasteiger partial charge in [0.25, 0.3) is 0 Å². The third kappa shape index (κ3) is 3.28. The van der Waals surface area contributed by atoms with Gasteiger partial charge in [-0.15, -0.1) is 0 Å². The van der Waals surface area contributed by atoms with Crippen LogP contribution in [-0.2, 0) is 16.0 Å². The van der Waals surface area contributed by atoms with Gasteiger partial charge >= 0.3 is 0 Å². The van der Waals surface area contributed by atoms with E-state index in [1.807, 2.05) is 0 Å². The van der Waals surface area contributed by atoms with Crippen LogP contribution in [0.4, 0.5) is 0 Å². The van der Waals surface area contributed by atoms with E-state index in [-0.39, 0.29) is 6.04 Å². The zero-order chi connectivity index (χ0) is 16.4. The highest BCUT2D eigenvalue weighted by atomic mass is 16.6. The number of nitrogens with zero attached hydrogens (tertiary/aromatic N) is 2. The molecular formula is C19H24N2O3. The molecule has 1 unspecified atom stereocenters. The summed E-state index contributed by atoms with van der Waals surface area (Å²) in [7, 11) is 0. The van der Waals surface area contributed by atoms with Gasteiger partial charge in [0.15, 0.2) is 11.5 Å². The highest BCUT2D eigenvalue weighted by Gasteiger charge is 2.34. The zero-order valence-corrected chi connectivity index (χ0v) is 13.9. The van der Waals surface area contributed by atoms with E-state index in [0.29, 0.717) is 31.2 Å². The predicted octanol–water partition coefficient (Wildman–Crippen LogP) is 2.28. The lowest BCUT2D eigenvalue weighted by atomic mass is 10.0. The Morgan fingerprint density at radius 1 is 1.00 bits per heavy atom. The fourth-order valence-corrected chi connectivity index (χ4v) is 3.69. The number of rotatable bonds is 3. The molecule has 0 radical (unpaired) electrons. The Morgan fingerprint density at radius 2 is 1.75 bits per heavy atom. The summed E-state index contributed by atoms with van der Waals surface area (Å²) in [6, 6.07) is 10.7. The number of ether oxygens (including phenoxy) is 2. The van der Waals surface area contributed by atoms with Crippen LogP contribution in [0, 0.1) is 0 Å². The summed E-state index contributed by atoms with van der Waals surface area (Å²) in [5.41, 5.74) is 1.36. The van der Waals surface area contributed by atoms with Crippen molar-refractivity contribution in [2.75, 3.05) is 39.4 Å². The number of aliphatic hydroxyl groups excluding tert-OH is 1. The number of piperazine rings is 1. The van der Waals surface area contributed by atoms with E-state index in [1.165, 1.54) is 5.56 Å². The second-order valence-electron chi connectivity index (χ2n) is 6.58. The van der Waals surface area contributed by atoms with Gasteiger partial charge in [0, 0.05) is 45.2 Å². The summed E-state index contributed by atoms with van der Waals surface area (Å²) in [6.07, 6.45) is 2.32. The van der Waals surface area contributed by atoms with Crippen LogP contribution in [0.2, 0.25) is 0 Å². The van der Waals surface area contributed by atoms with Crippen molar-refractivity contribution < 1.29 is 14.6 Å². The summed E-state index contributed by atoms with van der Waals surface area (Å²) < 4.78 is 11.5. The van der Waals surface area contributed by atoms with E-state index in [4.69, 9.17) is 9.47 Å². The Labute approximate surface area is 142 Å². The average Bonchev–Trinajstić information content (AvgIpc) is 2.62. The number of allylic oxidation sites excluding steroid dienone is 1. The molecular weight excluding hydrogens is 304 g/mol. The second-order valence-corrected chi connectivity index (χ2v) is 6.58. The van der Waals surface area contributed by atoms with E-state index in [2.05, 4.69) is 40.1 Å². The van der Waals surface area contributed by atoms with Gasteiger partial charge in [-0.25, -0.2) is 0 Å². The van der Waals surface area contributed by atoms with Crippen LogP contribution in [0.1, 0.15) is 12.0 Å². The zero-order valence-electron chi connectivity index (χ0n) is 13.9. The Balaban J connectivity index is 1.39. The minimum Gasteiger partial charge on any atom is -0.512 e. The van der Waals surface area contributed by atoms with Crippen LogP contribution in [0.25, 0.3) is 0 Å². The van der Waals surface area contributed by atoms with Crippen molar-refractivity contribution in [2.24, 2.45) is 0 Å². The molecule has 1 aromatic carbocycles. The number of hydrogen-bond donors (Lipinski definition) is 1. The van der Waals surface area contributed by atoms with Crippen LogP contribution >= 0.6 is 0 Å². The van der Waals surface area contributed by atoms with Crippen molar-refractivity contribution in [1.82, 2.24) is 9.80 Å². The summed E-state index contributed by atoms with van der Waals surface area (Å²) in [6.45, 7) is 6.16. The van der Waals surface area contributed by atoms with Crippen LogP contribution in [0.3, 0.4) is 0 Å². The van der Waals surface area contributed by atoms with Gasteiger partial charge in [0.05, 0.1) is 11.8 Å². The molecule has 3 aliphatic rings. The van der Waals surface area contributed by atoms with Gasteiger partial charge in [0.2, 0.25) is 0 Å². The highest BCUT2D eigenvalue weighted by Crippen LogP contribution is 2.31. The van der Waals surface area contributed by atoms with Crippen molar-refractivity contribution in [3.63, 3.8) is 0 Å². The first-order valence-electron chi connectivity index (χ1n) is 8.69. The van der Waals surface area contributed by atoms with E-state index in [9.17, 15) is 5.11 Å². The summed E-state index contributed by atoms with van der Waals surface area (Å²) in [5.74, 6) is 1.99. The second kappa shape index (κ2) is 6.87. The maximum atomic E-state index is 10.1. The summed E-state index contributed by atoms with van der Waals surface area (Å²) in [5, 5.41) is 10.1. The first-order chi connectivity index (χ1) is 11.8. The molecule has 1 fully saturated rings. The van der Waals surface area contributed by atoms with Crippen molar-refractivity contribution >= 4 is 0 Å². The fourth-order valence-electron chi connectivity index (χ4n) is 3.69. The van der Waals surface area contributed by atoms with Gasteiger partial charge in [-0.3, -0.25) is 9.80 Å². The molecule has 0 spiro atoms. The number of hydrogen-bond acceptors (Lipinski definition) is 5. The molecule has 2 heterocycles. The van der Waals surface area contributed by atoms with E-state index in [1.54, 1.807) is 6.08 Å². The number of benzene rings is 1. The largest absolute Gasteiger partial charge is 0.512 e. The van der Waals surface area contributed by atoms with Crippen molar-refractivity contribution in [1.29, 1.82) is 0 Å². The Bertz CT molecular complexity index is 633. The Morgan fingerprint density at radius 3 is 2.54 bits per heavy atom. The third-order valence-corrected chi connectivity index (χ3v) is 4.94. The van der Waals surface area contributed by atoms with Crippen molar-refractivity contribution in [3.8, 4) is 0 Å². The smallest absolute Gasteiger partial charge is 0.162 e. The number of aliphatic hydroxyl groups is 1. The van der Waals surface area contributed by atoms with Gasteiger partial charge in [-0.2, -0.15) is 0 Å². The topological polar surface area (TPSA) is 45.2 Å². The van der Waals surface area contributed by atoms with Crippen LogP contribution in [0.15, 0.2) is 53.7 Å². The molecule has 1 aliphatic carbocycles. The first kappa shape index (κ1) is 15.5. The van der Waals surface area contributed by atoms with Gasteiger partial charge in [-0.05, 0) is 5.56 Å². The first-order valence-corrected chi connectivity index (χ1v) is 8.69. The molecule has 4 rings (SSSR count). The van der Waals surface area contributed by atoms with Crippen LogP contribution in [0.5, 0.6) is 0 Å². The lowest BCUT2D eigenvalue weighted by molar-refractivity contribution is 0.0151. The van der Waals surface area contributed by atoms with Crippen molar-refractivity contribution in [3.05, 3.63) is 59.2 Å². The molecule has 2 aliphatic heterocycles. The molecule has 24 heavy (non-hydrogen) atoms. The third-order valence-electron chi connectivity index (χ3n) is 4.94. The van der Waals surface area contributed by atoms with Crippen LogP contribution < -0.4 is 0 Å². The lowest BCUT2D eigenvalue weighted by Crippen LogP contribution is -2.51. The average molecular weight is 328 g/mol. The van der Waals surface area contributed by atoms with Crippen LogP contribution in [-0.4, -0.2) is 60.3 Å². The molecule has 0 saturated carbocycles. The molecule has 1 atom stereocenters. The maximum absolute atomic E-state index is 10.1. The monoisotopic (exact) mass is 328 g/mol. The van der Waals surface area contributed by atoms with Gasteiger partial charge < -0.3 is 14.6 Å². The fraction of sp³-hybridized carbons (Fsp3) is 0.474. The molecule has 0 amide bonds. The molecule has 1 N–H and O–H groups in total. The van der Waals surface area contributed by atoms with E-state index < -0.39 is 0 Å².